The first-order valence-corrected chi connectivity index (χ1v) is 9.46. The number of ether oxygens (including phenoxy) is 1. The highest BCUT2D eigenvalue weighted by molar-refractivity contribution is 6.05. The van der Waals surface area contributed by atoms with E-state index in [-0.39, 0.29) is 11.8 Å². The second-order valence-electron chi connectivity index (χ2n) is 6.98. The van der Waals surface area contributed by atoms with E-state index in [2.05, 4.69) is 15.6 Å². The number of anilines is 2. The van der Waals surface area contributed by atoms with Gasteiger partial charge in [0.2, 0.25) is 0 Å². The molecule has 1 aliphatic rings. The molecular formula is C20H27N5O3. The van der Waals surface area contributed by atoms with E-state index >= 15 is 0 Å². The monoisotopic (exact) mass is 385 g/mol. The van der Waals surface area contributed by atoms with Crippen molar-refractivity contribution in [2.45, 2.75) is 25.8 Å². The fourth-order valence-corrected chi connectivity index (χ4v) is 3.28. The van der Waals surface area contributed by atoms with E-state index in [0.717, 1.165) is 30.6 Å². The number of amides is 2. The van der Waals surface area contributed by atoms with Crippen molar-refractivity contribution in [3.8, 4) is 0 Å². The van der Waals surface area contributed by atoms with Crippen molar-refractivity contribution in [1.29, 1.82) is 0 Å². The zero-order valence-corrected chi connectivity index (χ0v) is 16.6. The van der Waals surface area contributed by atoms with E-state index in [0.29, 0.717) is 36.9 Å². The Balaban J connectivity index is 1.80. The van der Waals surface area contributed by atoms with Crippen LogP contribution < -0.4 is 15.5 Å². The van der Waals surface area contributed by atoms with Crippen LogP contribution in [0.25, 0.3) is 0 Å². The molecule has 1 aromatic heterocycles. The molecule has 0 aliphatic carbocycles. The zero-order chi connectivity index (χ0) is 20.1. The van der Waals surface area contributed by atoms with Crippen molar-refractivity contribution in [3.05, 3.63) is 41.5 Å². The average molecular weight is 385 g/mol. The Hall–Kier alpha value is -2.87. The van der Waals surface area contributed by atoms with Crippen LogP contribution in [0.4, 0.5) is 11.4 Å². The first-order chi connectivity index (χ1) is 13.5. The van der Waals surface area contributed by atoms with Gasteiger partial charge in [0, 0.05) is 45.7 Å². The lowest BCUT2D eigenvalue weighted by molar-refractivity contribution is 0.0921. The Labute approximate surface area is 164 Å². The molecule has 2 heterocycles. The van der Waals surface area contributed by atoms with Gasteiger partial charge in [0.15, 0.2) is 11.5 Å². The summed E-state index contributed by atoms with van der Waals surface area (Å²) >= 11 is 0. The van der Waals surface area contributed by atoms with Crippen LogP contribution in [0, 0.1) is 0 Å². The van der Waals surface area contributed by atoms with Crippen LogP contribution in [0.15, 0.2) is 24.3 Å². The molecule has 0 bridgehead atoms. The third-order valence-electron chi connectivity index (χ3n) is 4.77. The summed E-state index contributed by atoms with van der Waals surface area (Å²) in [5, 5.41) is 5.68. The highest BCUT2D eigenvalue weighted by Crippen LogP contribution is 2.23. The number of hydrogen-bond donors (Lipinski definition) is 2. The molecule has 0 saturated heterocycles. The maximum atomic E-state index is 12.9. The Morgan fingerprint density at radius 2 is 1.93 bits per heavy atom. The molecule has 0 unspecified atom stereocenters. The van der Waals surface area contributed by atoms with Gasteiger partial charge in [-0.05, 0) is 43.5 Å². The van der Waals surface area contributed by atoms with Crippen LogP contribution in [0.1, 0.15) is 39.6 Å². The molecule has 0 atom stereocenters. The summed E-state index contributed by atoms with van der Waals surface area (Å²) < 4.78 is 6.84. The first kappa shape index (κ1) is 19.9. The Bertz CT molecular complexity index is 842. The largest absolute Gasteiger partial charge is 0.383 e. The number of aromatic nitrogens is 2. The number of imidazole rings is 1. The average Bonchev–Trinajstić information content (AvgIpc) is 3.08. The summed E-state index contributed by atoms with van der Waals surface area (Å²) in [5.74, 6) is -0.285. The summed E-state index contributed by atoms with van der Waals surface area (Å²) in [5.41, 5.74) is 2.89. The fourth-order valence-electron chi connectivity index (χ4n) is 3.28. The van der Waals surface area contributed by atoms with Crippen LogP contribution >= 0.6 is 0 Å². The Morgan fingerprint density at radius 3 is 2.61 bits per heavy atom. The van der Waals surface area contributed by atoms with E-state index in [9.17, 15) is 9.59 Å². The lowest BCUT2D eigenvalue weighted by Crippen LogP contribution is -2.30. The predicted molar refractivity (Wildman–Crippen MR) is 108 cm³/mol. The predicted octanol–water partition coefficient (Wildman–Crippen LogP) is 1.91. The molecule has 8 nitrogen and oxygen atoms in total. The third kappa shape index (κ3) is 4.33. The molecule has 0 spiro atoms. The highest BCUT2D eigenvalue weighted by Gasteiger charge is 2.27. The van der Waals surface area contributed by atoms with Gasteiger partial charge < -0.3 is 24.8 Å². The number of nitrogens with zero attached hydrogens (tertiary/aromatic N) is 3. The van der Waals surface area contributed by atoms with Gasteiger partial charge in [0.25, 0.3) is 11.8 Å². The maximum Gasteiger partial charge on any atom is 0.287 e. The van der Waals surface area contributed by atoms with Gasteiger partial charge in [-0.3, -0.25) is 9.59 Å². The number of methoxy groups -OCH3 is 1. The fraction of sp³-hybridized carbons (Fsp3) is 0.450. The topological polar surface area (TPSA) is 88.5 Å². The van der Waals surface area contributed by atoms with Crippen molar-refractivity contribution >= 4 is 23.2 Å². The molecule has 28 heavy (non-hydrogen) atoms. The van der Waals surface area contributed by atoms with Gasteiger partial charge in [-0.25, -0.2) is 4.98 Å². The quantitative estimate of drug-likeness (QED) is 0.711. The highest BCUT2D eigenvalue weighted by atomic mass is 16.5. The van der Waals surface area contributed by atoms with Crippen LogP contribution in [-0.4, -0.2) is 55.7 Å². The molecule has 3 rings (SSSR count). The smallest absolute Gasteiger partial charge is 0.287 e. The van der Waals surface area contributed by atoms with Crippen molar-refractivity contribution in [2.24, 2.45) is 0 Å². The van der Waals surface area contributed by atoms with E-state index in [1.165, 1.54) is 0 Å². The second kappa shape index (κ2) is 8.88. The number of hydrogen-bond acceptors (Lipinski definition) is 5. The maximum absolute atomic E-state index is 12.9. The molecule has 1 aromatic carbocycles. The summed E-state index contributed by atoms with van der Waals surface area (Å²) in [6.45, 7) is 1.52. The van der Waals surface area contributed by atoms with Gasteiger partial charge in [0.1, 0.15) is 0 Å². The van der Waals surface area contributed by atoms with Gasteiger partial charge >= 0.3 is 0 Å². The number of carbonyl (C=O) groups excluding carboxylic acids is 2. The zero-order valence-electron chi connectivity index (χ0n) is 16.6. The molecule has 150 valence electrons. The third-order valence-corrected chi connectivity index (χ3v) is 4.77. The molecule has 2 aromatic rings. The van der Waals surface area contributed by atoms with Crippen LogP contribution in [0.2, 0.25) is 0 Å². The van der Waals surface area contributed by atoms with Gasteiger partial charge in [0.05, 0.1) is 12.3 Å². The minimum atomic E-state index is -0.292. The molecule has 0 fully saturated rings. The standard InChI is InChI=1S/C20H27N5O3/c1-24(2)15-9-7-14(8-10-15)22-19(26)17-16-6-4-5-12-25(16)18(23-17)20(27)21-11-13-28-3/h7-10H,4-6,11-13H2,1-3H3,(H,21,27)(H,22,26). The number of benzene rings is 1. The first-order valence-electron chi connectivity index (χ1n) is 9.46. The van der Waals surface area contributed by atoms with Crippen molar-refractivity contribution < 1.29 is 14.3 Å². The summed E-state index contributed by atoms with van der Waals surface area (Å²) in [7, 11) is 5.51. The Morgan fingerprint density at radius 1 is 1.18 bits per heavy atom. The van der Waals surface area contributed by atoms with Crippen LogP contribution in [0.5, 0.6) is 0 Å². The summed E-state index contributed by atoms with van der Waals surface area (Å²) in [6.07, 6.45) is 2.68. The van der Waals surface area contributed by atoms with Gasteiger partial charge in [-0.1, -0.05) is 0 Å². The van der Waals surface area contributed by atoms with Crippen LogP contribution in [-0.2, 0) is 17.7 Å². The van der Waals surface area contributed by atoms with Gasteiger partial charge in [-0.15, -0.1) is 0 Å². The summed E-state index contributed by atoms with van der Waals surface area (Å²) in [4.78, 5) is 31.7. The molecule has 2 N–H and O–H groups in total. The van der Waals surface area contributed by atoms with Crippen molar-refractivity contribution in [1.82, 2.24) is 14.9 Å². The molecular weight excluding hydrogens is 358 g/mol. The minimum Gasteiger partial charge on any atom is -0.383 e. The van der Waals surface area contributed by atoms with E-state index < -0.39 is 0 Å². The summed E-state index contributed by atoms with van der Waals surface area (Å²) in [6, 6.07) is 7.59. The number of rotatable bonds is 7. The molecule has 8 heteroatoms. The lowest BCUT2D eigenvalue weighted by atomic mass is 10.1. The van der Waals surface area contributed by atoms with Crippen LogP contribution in [0.3, 0.4) is 0 Å². The minimum absolute atomic E-state index is 0.283. The van der Waals surface area contributed by atoms with Crippen molar-refractivity contribution in [3.63, 3.8) is 0 Å². The van der Waals surface area contributed by atoms with E-state index in [1.807, 2.05) is 47.8 Å². The number of nitrogens with one attached hydrogen (secondary N) is 2. The number of fused-ring (bicyclic) bond motifs is 1. The molecule has 0 radical (unpaired) electrons. The molecule has 0 saturated carbocycles. The lowest BCUT2D eigenvalue weighted by Gasteiger charge is -2.17. The van der Waals surface area contributed by atoms with E-state index in [4.69, 9.17) is 4.74 Å². The molecule has 2 amide bonds. The van der Waals surface area contributed by atoms with E-state index in [1.54, 1.807) is 7.11 Å². The van der Waals surface area contributed by atoms with Gasteiger partial charge in [-0.2, -0.15) is 0 Å². The van der Waals surface area contributed by atoms with Crippen molar-refractivity contribution in [2.75, 3.05) is 44.6 Å². The Kier molecular flexibility index (Phi) is 6.30. The SMILES string of the molecule is COCCNC(=O)c1nc(C(=O)Nc2ccc(N(C)C)cc2)c2n1CCCC2. The second-order valence-corrected chi connectivity index (χ2v) is 6.98. The molecule has 1 aliphatic heterocycles. The number of carbonyl (C=O) groups is 2. The normalized spacial score (nSPS) is 13.0.